The van der Waals surface area contributed by atoms with Crippen molar-refractivity contribution < 1.29 is 19.5 Å². The molecule has 3 aromatic heterocycles. The zero-order valence-electron chi connectivity index (χ0n) is 18.1. The van der Waals surface area contributed by atoms with Crippen LogP contribution in [0.1, 0.15) is 4.88 Å². The molecule has 180 valence electrons. The number of thiophene rings is 1. The summed E-state index contributed by atoms with van der Waals surface area (Å²) in [6.45, 7) is 0.0305. The number of amides is 2. The van der Waals surface area contributed by atoms with Crippen LogP contribution in [0.3, 0.4) is 0 Å². The van der Waals surface area contributed by atoms with E-state index >= 15 is 0 Å². The van der Waals surface area contributed by atoms with E-state index in [1.54, 1.807) is 29.8 Å². The lowest BCUT2D eigenvalue weighted by atomic mass is 9.87. The Morgan fingerprint density at radius 2 is 2.17 bits per heavy atom. The first-order valence-electron chi connectivity index (χ1n) is 10.6. The van der Waals surface area contributed by atoms with Gasteiger partial charge in [-0.3, -0.25) is 19.2 Å². The highest BCUT2D eigenvalue weighted by Gasteiger charge is 2.56. The van der Waals surface area contributed by atoms with Gasteiger partial charge in [0, 0.05) is 29.4 Å². The number of aromatic nitrogens is 1. The molecule has 0 spiro atoms. The Morgan fingerprint density at radius 1 is 1.31 bits per heavy atom. The van der Waals surface area contributed by atoms with E-state index in [9.17, 15) is 24.3 Å². The molecule has 3 aromatic rings. The molecule has 35 heavy (non-hydrogen) atoms. The molecule has 0 aromatic carbocycles. The Bertz CT molecular complexity index is 1390. The number of fused-ring (bicyclic) bond motifs is 2. The summed E-state index contributed by atoms with van der Waals surface area (Å²) in [5, 5.41) is 16.6. The molecule has 0 aliphatic carbocycles. The van der Waals surface area contributed by atoms with E-state index in [0.29, 0.717) is 14.4 Å². The maximum Gasteiger partial charge on any atom is 0.316 e. The standard InChI is InChI=1S/C23H19N3O5S4/c27-15-10-17(35-19-14(15)4-1-6-24-19)33-8-5-23(22(30)31)11-26-20(29)18(21(26)34-12-23)25-16(28)9-13-3-2-7-32-13/h1-8,10,18,21H,9,11-12H2,(H,25,28)(H,30,31)/t18?,21-,23?/m1/s1. The molecule has 2 aliphatic heterocycles. The van der Waals surface area contributed by atoms with Gasteiger partial charge in [-0.15, -0.1) is 34.4 Å². The lowest BCUT2D eigenvalue weighted by molar-refractivity contribution is -0.156. The largest absolute Gasteiger partial charge is 0.481 e. The first-order valence-corrected chi connectivity index (χ1v) is 14.2. The van der Waals surface area contributed by atoms with Crippen molar-refractivity contribution in [2.75, 3.05) is 12.3 Å². The van der Waals surface area contributed by atoms with Gasteiger partial charge in [0.05, 0.1) is 16.0 Å². The predicted octanol–water partition coefficient (Wildman–Crippen LogP) is 3.04. The smallest absolute Gasteiger partial charge is 0.316 e. The normalized spacial score (nSPS) is 23.8. The van der Waals surface area contributed by atoms with Gasteiger partial charge in [0.1, 0.15) is 21.7 Å². The monoisotopic (exact) mass is 545 g/mol. The fourth-order valence-electron chi connectivity index (χ4n) is 3.95. The molecular formula is C23H19N3O5S4. The van der Waals surface area contributed by atoms with Gasteiger partial charge in [-0.25, -0.2) is 4.98 Å². The number of thioether (sulfide) groups is 2. The van der Waals surface area contributed by atoms with Crippen LogP contribution >= 0.6 is 46.2 Å². The lowest BCUT2D eigenvalue weighted by Gasteiger charge is -2.53. The molecule has 0 radical (unpaired) electrons. The van der Waals surface area contributed by atoms with Gasteiger partial charge in [-0.05, 0) is 29.0 Å². The number of carbonyl (C=O) groups is 3. The lowest BCUT2D eigenvalue weighted by Crippen LogP contribution is -2.73. The van der Waals surface area contributed by atoms with Gasteiger partial charge in [0.15, 0.2) is 5.43 Å². The summed E-state index contributed by atoms with van der Waals surface area (Å²) in [4.78, 5) is 56.9. The van der Waals surface area contributed by atoms with Crippen molar-refractivity contribution in [3.05, 3.63) is 68.5 Å². The van der Waals surface area contributed by atoms with Crippen molar-refractivity contribution in [3.8, 4) is 0 Å². The van der Waals surface area contributed by atoms with Crippen LogP contribution in [0.5, 0.6) is 0 Å². The number of carboxylic acids is 1. The van der Waals surface area contributed by atoms with Crippen LogP contribution in [-0.4, -0.2) is 56.5 Å². The average Bonchev–Trinajstić information content (AvgIpc) is 3.35. The maximum absolute atomic E-state index is 12.7. The van der Waals surface area contributed by atoms with Crippen LogP contribution < -0.4 is 10.7 Å². The van der Waals surface area contributed by atoms with Gasteiger partial charge < -0.3 is 15.3 Å². The number of rotatable bonds is 7. The van der Waals surface area contributed by atoms with E-state index in [-0.39, 0.29) is 41.3 Å². The summed E-state index contributed by atoms with van der Waals surface area (Å²) in [5.74, 6) is -1.25. The molecule has 2 amide bonds. The Hall–Kier alpha value is -2.67. The van der Waals surface area contributed by atoms with Crippen LogP contribution in [-0.2, 0) is 20.8 Å². The van der Waals surface area contributed by atoms with E-state index in [1.165, 1.54) is 57.2 Å². The molecule has 12 heteroatoms. The molecule has 2 saturated heterocycles. The molecule has 2 N–H and O–H groups in total. The van der Waals surface area contributed by atoms with Crippen LogP contribution in [0.15, 0.2) is 62.4 Å². The zero-order chi connectivity index (χ0) is 24.6. The van der Waals surface area contributed by atoms with Gasteiger partial charge >= 0.3 is 5.97 Å². The Kier molecular flexibility index (Phi) is 6.71. The van der Waals surface area contributed by atoms with Crippen molar-refractivity contribution in [1.82, 2.24) is 15.2 Å². The minimum atomic E-state index is -1.25. The molecule has 5 heterocycles. The van der Waals surface area contributed by atoms with E-state index in [1.807, 2.05) is 17.5 Å². The average molecular weight is 546 g/mol. The number of carbonyl (C=O) groups excluding carboxylic acids is 2. The van der Waals surface area contributed by atoms with Gasteiger partial charge in [-0.2, -0.15) is 0 Å². The molecular weight excluding hydrogens is 527 g/mol. The molecule has 2 unspecified atom stereocenters. The summed E-state index contributed by atoms with van der Waals surface area (Å²) in [7, 11) is 0. The van der Waals surface area contributed by atoms with Crippen LogP contribution in [0.25, 0.3) is 10.2 Å². The summed E-state index contributed by atoms with van der Waals surface area (Å²) in [6.07, 6.45) is 3.44. The summed E-state index contributed by atoms with van der Waals surface area (Å²) in [5.41, 5.74) is -1.39. The van der Waals surface area contributed by atoms with Gasteiger partial charge in [0.2, 0.25) is 11.8 Å². The number of carboxylic acid groups (broad SMARTS) is 1. The third-order valence-corrected chi connectivity index (χ3v) is 10.2. The second-order valence-electron chi connectivity index (χ2n) is 8.14. The first-order chi connectivity index (χ1) is 16.9. The molecule has 2 fully saturated rings. The van der Waals surface area contributed by atoms with Crippen molar-refractivity contribution >= 4 is 74.2 Å². The van der Waals surface area contributed by atoms with Crippen molar-refractivity contribution in [2.45, 2.75) is 22.0 Å². The summed E-state index contributed by atoms with van der Waals surface area (Å²) in [6, 6.07) is 8.06. The predicted molar refractivity (Wildman–Crippen MR) is 139 cm³/mol. The van der Waals surface area contributed by atoms with E-state index in [2.05, 4.69) is 10.3 Å². The van der Waals surface area contributed by atoms with Crippen LogP contribution in [0.4, 0.5) is 0 Å². The SMILES string of the molecule is O=C(Cc1cccs1)NC1C(=O)N2CC(C=CSc3cc(=O)c4cccnc4s3)(C(=O)O)CS[C@H]12. The minimum Gasteiger partial charge on any atom is -0.481 e. The number of hydrogen-bond donors (Lipinski definition) is 2. The van der Waals surface area contributed by atoms with Crippen molar-refractivity contribution in [3.63, 3.8) is 0 Å². The topological polar surface area (TPSA) is 117 Å². The molecule has 0 bridgehead atoms. The summed E-state index contributed by atoms with van der Waals surface area (Å²) >= 11 is 5.45. The molecule has 2 aliphatic rings. The Morgan fingerprint density at radius 3 is 2.94 bits per heavy atom. The minimum absolute atomic E-state index is 0.0305. The zero-order valence-corrected chi connectivity index (χ0v) is 21.3. The van der Waals surface area contributed by atoms with E-state index in [0.717, 1.165) is 4.88 Å². The highest BCUT2D eigenvalue weighted by atomic mass is 32.2. The van der Waals surface area contributed by atoms with Crippen LogP contribution in [0.2, 0.25) is 0 Å². The second kappa shape index (κ2) is 9.76. The van der Waals surface area contributed by atoms with Crippen LogP contribution in [0, 0.1) is 5.41 Å². The van der Waals surface area contributed by atoms with Crippen molar-refractivity contribution in [2.24, 2.45) is 5.41 Å². The summed E-state index contributed by atoms with van der Waals surface area (Å²) < 4.78 is 0.702. The highest BCUT2D eigenvalue weighted by Crippen LogP contribution is 2.43. The fraction of sp³-hybridized carbons (Fsp3) is 0.261. The second-order valence-corrected chi connectivity index (χ2v) is 12.5. The third kappa shape index (κ3) is 4.75. The van der Waals surface area contributed by atoms with E-state index in [4.69, 9.17) is 0 Å². The Labute approximate surface area is 216 Å². The molecule has 0 saturated carbocycles. The molecule has 3 atom stereocenters. The quantitative estimate of drug-likeness (QED) is 0.344. The number of hydrogen-bond acceptors (Lipinski definition) is 9. The highest BCUT2D eigenvalue weighted by molar-refractivity contribution is 8.04. The molecule has 5 rings (SSSR count). The van der Waals surface area contributed by atoms with Crippen molar-refractivity contribution in [1.29, 1.82) is 0 Å². The van der Waals surface area contributed by atoms with Gasteiger partial charge in [-0.1, -0.05) is 23.9 Å². The number of nitrogens with one attached hydrogen (secondary N) is 1. The number of β-lactam (4-membered cyclic amide) rings is 1. The molecule has 8 nitrogen and oxygen atoms in total. The van der Waals surface area contributed by atoms with E-state index < -0.39 is 17.4 Å². The van der Waals surface area contributed by atoms with Gasteiger partial charge in [0.25, 0.3) is 0 Å². The number of pyridine rings is 1. The third-order valence-electron chi connectivity index (χ3n) is 5.82. The first kappa shape index (κ1) is 24.0. The maximum atomic E-state index is 12.7. The Balaban J connectivity index is 1.25. The number of aliphatic carboxylic acids is 1. The fourth-order valence-corrected chi connectivity index (χ4v) is 8.15. The number of nitrogens with zero attached hydrogens (tertiary/aromatic N) is 2.